The van der Waals surface area contributed by atoms with Crippen LogP contribution in [0.4, 0.5) is 4.39 Å². The fourth-order valence-electron chi connectivity index (χ4n) is 1.75. The maximum absolute atomic E-state index is 13.1. The summed E-state index contributed by atoms with van der Waals surface area (Å²) in [7, 11) is 0. The molecule has 1 nitrogen and oxygen atoms in total. The van der Waals surface area contributed by atoms with Crippen molar-refractivity contribution in [3.63, 3.8) is 0 Å². The lowest BCUT2D eigenvalue weighted by molar-refractivity contribution is 0.495. The summed E-state index contributed by atoms with van der Waals surface area (Å²) in [6.45, 7) is 2.94. The molecule has 1 saturated carbocycles. The van der Waals surface area contributed by atoms with Crippen molar-refractivity contribution >= 4 is 15.9 Å². The lowest BCUT2D eigenvalue weighted by Gasteiger charge is -2.12. The molecule has 0 aliphatic heterocycles. The average Bonchev–Trinajstić information content (AvgIpc) is 2.95. The van der Waals surface area contributed by atoms with Crippen LogP contribution in [0.2, 0.25) is 0 Å². The van der Waals surface area contributed by atoms with Crippen molar-refractivity contribution in [1.82, 2.24) is 5.32 Å². The van der Waals surface area contributed by atoms with Crippen molar-refractivity contribution in [3.8, 4) is 0 Å². The van der Waals surface area contributed by atoms with Crippen LogP contribution in [0.15, 0.2) is 22.7 Å². The van der Waals surface area contributed by atoms with Crippen LogP contribution in [0.3, 0.4) is 0 Å². The van der Waals surface area contributed by atoms with Gasteiger partial charge in [0.2, 0.25) is 0 Å². The topological polar surface area (TPSA) is 12.0 Å². The first-order chi connectivity index (χ1) is 7.15. The normalized spacial score (nSPS) is 17.8. The van der Waals surface area contributed by atoms with Crippen LogP contribution >= 0.6 is 15.9 Å². The fraction of sp³-hybridized carbons (Fsp3) is 0.500. The van der Waals surface area contributed by atoms with E-state index in [4.69, 9.17) is 0 Å². The molecule has 0 radical (unpaired) electrons. The van der Waals surface area contributed by atoms with E-state index in [0.717, 1.165) is 22.5 Å². The van der Waals surface area contributed by atoms with Crippen molar-refractivity contribution in [2.45, 2.75) is 32.4 Å². The molecule has 0 amide bonds. The van der Waals surface area contributed by atoms with Gasteiger partial charge in [-0.05, 0) is 49.4 Å². The van der Waals surface area contributed by atoms with Crippen LogP contribution in [0.25, 0.3) is 0 Å². The van der Waals surface area contributed by atoms with Gasteiger partial charge in [0.05, 0.1) is 0 Å². The molecule has 0 saturated heterocycles. The van der Waals surface area contributed by atoms with Gasteiger partial charge in [0.15, 0.2) is 0 Å². The molecular weight excluding hydrogens is 257 g/mol. The van der Waals surface area contributed by atoms with Crippen molar-refractivity contribution in [2.24, 2.45) is 5.92 Å². The molecule has 1 aliphatic rings. The van der Waals surface area contributed by atoms with Crippen LogP contribution < -0.4 is 5.32 Å². The third-order valence-electron chi connectivity index (χ3n) is 2.88. The number of rotatable bonds is 4. The zero-order valence-corrected chi connectivity index (χ0v) is 10.3. The Morgan fingerprint density at radius 3 is 2.80 bits per heavy atom. The van der Waals surface area contributed by atoms with Gasteiger partial charge in [-0.25, -0.2) is 4.39 Å². The first kappa shape index (κ1) is 11.1. The molecule has 1 aromatic rings. The minimum atomic E-state index is -0.180. The van der Waals surface area contributed by atoms with Gasteiger partial charge in [-0.15, -0.1) is 0 Å². The smallest absolute Gasteiger partial charge is 0.124 e. The van der Waals surface area contributed by atoms with E-state index in [1.807, 2.05) is 6.07 Å². The van der Waals surface area contributed by atoms with E-state index >= 15 is 0 Å². The molecule has 1 aromatic carbocycles. The summed E-state index contributed by atoms with van der Waals surface area (Å²) >= 11 is 3.29. The minimum absolute atomic E-state index is 0.180. The number of nitrogens with one attached hydrogen (secondary N) is 1. The van der Waals surface area contributed by atoms with Gasteiger partial charge in [0, 0.05) is 17.1 Å². The third kappa shape index (κ3) is 3.28. The van der Waals surface area contributed by atoms with Crippen molar-refractivity contribution in [3.05, 3.63) is 34.1 Å². The summed E-state index contributed by atoms with van der Waals surface area (Å²) in [5.74, 6) is 0.655. The summed E-state index contributed by atoms with van der Waals surface area (Å²) in [5.41, 5.74) is 0.995. The molecule has 1 fully saturated rings. The van der Waals surface area contributed by atoms with E-state index in [9.17, 15) is 4.39 Å². The number of hydrogen-bond donors (Lipinski definition) is 1. The van der Waals surface area contributed by atoms with Gasteiger partial charge < -0.3 is 5.32 Å². The van der Waals surface area contributed by atoms with Crippen molar-refractivity contribution in [1.29, 1.82) is 0 Å². The SMILES string of the molecule is CC(NCc1cc(F)cc(Br)c1)C1CC1. The molecule has 0 spiro atoms. The molecule has 3 heteroatoms. The van der Waals surface area contributed by atoms with E-state index in [1.54, 1.807) is 6.07 Å². The monoisotopic (exact) mass is 271 g/mol. The summed E-state index contributed by atoms with van der Waals surface area (Å²) in [4.78, 5) is 0. The predicted molar refractivity (Wildman–Crippen MR) is 63.1 cm³/mol. The van der Waals surface area contributed by atoms with E-state index in [0.29, 0.717) is 6.04 Å². The summed E-state index contributed by atoms with van der Waals surface area (Å²) in [5, 5.41) is 3.43. The summed E-state index contributed by atoms with van der Waals surface area (Å²) in [6.07, 6.45) is 2.67. The van der Waals surface area contributed by atoms with Gasteiger partial charge in [0.1, 0.15) is 5.82 Å². The van der Waals surface area contributed by atoms with E-state index in [2.05, 4.69) is 28.2 Å². The first-order valence-electron chi connectivity index (χ1n) is 5.33. The van der Waals surface area contributed by atoms with E-state index in [1.165, 1.54) is 18.9 Å². The second-order valence-corrected chi connectivity index (χ2v) is 5.20. The number of benzene rings is 1. The Kier molecular flexibility index (Phi) is 3.42. The fourth-order valence-corrected chi connectivity index (χ4v) is 2.27. The summed E-state index contributed by atoms with van der Waals surface area (Å²) in [6, 6.07) is 5.56. The second-order valence-electron chi connectivity index (χ2n) is 4.28. The second kappa shape index (κ2) is 4.62. The lowest BCUT2D eigenvalue weighted by atomic mass is 10.2. The Morgan fingerprint density at radius 1 is 1.47 bits per heavy atom. The number of halogens is 2. The zero-order valence-electron chi connectivity index (χ0n) is 8.76. The standard InChI is InChI=1S/C12H15BrFN/c1-8(10-2-3-10)15-7-9-4-11(13)6-12(14)5-9/h4-6,8,10,15H,2-3,7H2,1H3. The molecule has 2 rings (SSSR count). The molecule has 0 heterocycles. The maximum atomic E-state index is 13.1. The third-order valence-corrected chi connectivity index (χ3v) is 3.34. The van der Waals surface area contributed by atoms with Crippen molar-refractivity contribution in [2.75, 3.05) is 0 Å². The van der Waals surface area contributed by atoms with Crippen molar-refractivity contribution < 1.29 is 4.39 Å². The van der Waals surface area contributed by atoms with Crippen LogP contribution in [-0.2, 0) is 6.54 Å². The van der Waals surface area contributed by atoms with Gasteiger partial charge in [-0.3, -0.25) is 0 Å². The Morgan fingerprint density at radius 2 is 2.20 bits per heavy atom. The maximum Gasteiger partial charge on any atom is 0.124 e. The van der Waals surface area contributed by atoms with Crippen LogP contribution in [-0.4, -0.2) is 6.04 Å². The van der Waals surface area contributed by atoms with Crippen LogP contribution in [0, 0.1) is 11.7 Å². The van der Waals surface area contributed by atoms with Gasteiger partial charge in [-0.2, -0.15) is 0 Å². The molecule has 15 heavy (non-hydrogen) atoms. The molecule has 1 N–H and O–H groups in total. The molecule has 82 valence electrons. The highest BCUT2D eigenvalue weighted by atomic mass is 79.9. The van der Waals surface area contributed by atoms with Crippen LogP contribution in [0.1, 0.15) is 25.3 Å². The highest BCUT2D eigenvalue weighted by Crippen LogP contribution is 2.32. The molecule has 1 unspecified atom stereocenters. The first-order valence-corrected chi connectivity index (χ1v) is 6.13. The highest BCUT2D eigenvalue weighted by Gasteiger charge is 2.27. The Labute approximate surface area is 98.2 Å². The Balaban J connectivity index is 1.91. The molecular formula is C12H15BrFN. The van der Waals surface area contributed by atoms with Gasteiger partial charge in [0.25, 0.3) is 0 Å². The molecule has 0 bridgehead atoms. The van der Waals surface area contributed by atoms with Crippen LogP contribution in [0.5, 0.6) is 0 Å². The lowest BCUT2D eigenvalue weighted by Crippen LogP contribution is -2.27. The average molecular weight is 272 g/mol. The van der Waals surface area contributed by atoms with E-state index in [-0.39, 0.29) is 5.82 Å². The van der Waals surface area contributed by atoms with Gasteiger partial charge >= 0.3 is 0 Å². The predicted octanol–water partition coefficient (Wildman–Crippen LogP) is 3.48. The minimum Gasteiger partial charge on any atom is -0.310 e. The summed E-state index contributed by atoms with van der Waals surface area (Å²) < 4.78 is 13.9. The number of hydrogen-bond acceptors (Lipinski definition) is 1. The van der Waals surface area contributed by atoms with E-state index < -0.39 is 0 Å². The highest BCUT2D eigenvalue weighted by molar-refractivity contribution is 9.10. The van der Waals surface area contributed by atoms with Gasteiger partial charge in [-0.1, -0.05) is 15.9 Å². The largest absolute Gasteiger partial charge is 0.310 e. The zero-order chi connectivity index (χ0) is 10.8. The Bertz CT molecular complexity index is 329. The molecule has 1 atom stereocenters. The molecule has 0 aromatic heterocycles. The Hall–Kier alpha value is -0.410. The quantitative estimate of drug-likeness (QED) is 0.884. The molecule has 1 aliphatic carbocycles.